The summed E-state index contributed by atoms with van der Waals surface area (Å²) in [5.74, 6) is 5.53. The second kappa shape index (κ2) is 7.36. The van der Waals surface area contributed by atoms with Crippen molar-refractivity contribution in [2.75, 3.05) is 0 Å². The van der Waals surface area contributed by atoms with Gasteiger partial charge in [-0.15, -0.1) is 0 Å². The molecule has 2 aliphatic carbocycles. The Balaban J connectivity index is 1.70. The van der Waals surface area contributed by atoms with Gasteiger partial charge in [-0.3, -0.25) is 0 Å². The van der Waals surface area contributed by atoms with Crippen molar-refractivity contribution in [1.29, 1.82) is 0 Å². The van der Waals surface area contributed by atoms with Gasteiger partial charge in [0.2, 0.25) is 0 Å². The van der Waals surface area contributed by atoms with E-state index < -0.39 is 0 Å². The molecule has 0 amide bonds. The average Bonchev–Trinajstić information content (AvgIpc) is 2.41. The lowest BCUT2D eigenvalue weighted by atomic mass is 9.69. The first-order valence-corrected chi connectivity index (χ1v) is 8.12. The van der Waals surface area contributed by atoms with E-state index >= 15 is 0 Å². The lowest BCUT2D eigenvalue weighted by Gasteiger charge is -2.36. The highest BCUT2D eigenvalue weighted by Crippen LogP contribution is 2.43. The molecule has 18 heavy (non-hydrogen) atoms. The van der Waals surface area contributed by atoms with E-state index in [2.05, 4.69) is 26.0 Å². The summed E-state index contributed by atoms with van der Waals surface area (Å²) in [6.07, 6.45) is 18.9. The Labute approximate surface area is 114 Å². The van der Waals surface area contributed by atoms with E-state index in [1.54, 1.807) is 5.92 Å². The maximum absolute atomic E-state index is 2.50. The molecule has 2 radical (unpaired) electrons. The fraction of sp³-hybridized carbons (Fsp3) is 0.778. The van der Waals surface area contributed by atoms with E-state index in [9.17, 15) is 0 Å². The summed E-state index contributed by atoms with van der Waals surface area (Å²) in [5, 5.41) is 0. The van der Waals surface area contributed by atoms with Crippen molar-refractivity contribution >= 4 is 0 Å². The zero-order chi connectivity index (χ0) is 12.8. The van der Waals surface area contributed by atoms with Gasteiger partial charge in [-0.05, 0) is 81.5 Å². The van der Waals surface area contributed by atoms with Crippen molar-refractivity contribution in [1.82, 2.24) is 0 Å². The third-order valence-corrected chi connectivity index (χ3v) is 4.95. The summed E-state index contributed by atoms with van der Waals surface area (Å²) < 4.78 is 0. The van der Waals surface area contributed by atoms with Gasteiger partial charge < -0.3 is 0 Å². The van der Waals surface area contributed by atoms with Crippen LogP contribution in [-0.4, -0.2) is 0 Å². The zero-order valence-corrected chi connectivity index (χ0v) is 12.4. The molecule has 102 valence electrons. The number of allylic oxidation sites excluding steroid dienone is 2. The molecular weight excluding hydrogens is 216 g/mol. The van der Waals surface area contributed by atoms with Crippen LogP contribution in [0.2, 0.25) is 0 Å². The first kappa shape index (κ1) is 14.2. The molecule has 2 fully saturated rings. The minimum Gasteiger partial charge on any atom is -0.0883 e. The second-order valence-electron chi connectivity index (χ2n) is 6.44. The molecular formula is C18H30. The van der Waals surface area contributed by atoms with Crippen molar-refractivity contribution in [3.8, 4) is 0 Å². The third kappa shape index (κ3) is 4.14. The first-order valence-electron chi connectivity index (χ1n) is 8.12. The molecule has 2 saturated carbocycles. The second-order valence-corrected chi connectivity index (χ2v) is 6.44. The Kier molecular flexibility index (Phi) is 5.79. The Morgan fingerprint density at radius 3 is 2.28 bits per heavy atom. The molecule has 0 nitrogen and oxygen atoms in total. The number of hydrogen-bond acceptors (Lipinski definition) is 0. The van der Waals surface area contributed by atoms with Gasteiger partial charge in [-0.25, -0.2) is 0 Å². The molecule has 0 heterocycles. The molecule has 0 unspecified atom stereocenters. The van der Waals surface area contributed by atoms with Crippen LogP contribution in [-0.2, 0) is 0 Å². The monoisotopic (exact) mass is 246 g/mol. The van der Waals surface area contributed by atoms with Crippen molar-refractivity contribution in [2.45, 2.75) is 78.1 Å². The number of hydrogen-bond donors (Lipinski definition) is 0. The molecule has 0 bridgehead atoms. The maximum Gasteiger partial charge on any atom is -0.0210 e. The Morgan fingerprint density at radius 2 is 1.67 bits per heavy atom. The van der Waals surface area contributed by atoms with Crippen molar-refractivity contribution < 1.29 is 0 Å². The molecule has 0 aromatic carbocycles. The van der Waals surface area contributed by atoms with E-state index in [0.29, 0.717) is 0 Å². The number of rotatable bonds is 4. The molecule has 0 aliphatic heterocycles. The van der Waals surface area contributed by atoms with Crippen LogP contribution < -0.4 is 0 Å². The molecule has 0 aromatic rings. The Hall–Kier alpha value is -0.260. The van der Waals surface area contributed by atoms with E-state index in [0.717, 1.165) is 11.8 Å². The lowest BCUT2D eigenvalue weighted by molar-refractivity contribution is 0.316. The highest BCUT2D eigenvalue weighted by molar-refractivity contribution is 5.06. The third-order valence-electron chi connectivity index (χ3n) is 4.95. The topological polar surface area (TPSA) is 0 Å². The minimum absolute atomic E-state index is 0.886. The molecule has 0 spiro atoms. The standard InChI is InChI=1S/C18H30/c1-3-4-5-6-16-9-13-18(14-10-16)17-11-7-15(2)8-12-17/h5-6,16-17H,3-4,7-14H2,1-2H3/b6-5+. The van der Waals surface area contributed by atoms with Crippen LogP contribution in [0.15, 0.2) is 12.2 Å². The molecule has 2 aliphatic rings. The van der Waals surface area contributed by atoms with Crippen molar-refractivity contribution in [3.05, 3.63) is 24.0 Å². The summed E-state index contributed by atoms with van der Waals surface area (Å²) in [6, 6.07) is 0. The number of unbranched alkanes of at least 4 members (excludes halogenated alkanes) is 1. The highest BCUT2D eigenvalue weighted by atomic mass is 14.3. The molecule has 0 aromatic heterocycles. The molecule has 0 heteroatoms. The van der Waals surface area contributed by atoms with E-state index in [1.165, 1.54) is 64.2 Å². The molecule has 0 N–H and O–H groups in total. The van der Waals surface area contributed by atoms with Gasteiger partial charge in [0.05, 0.1) is 0 Å². The summed E-state index contributed by atoms with van der Waals surface area (Å²) in [5.41, 5.74) is 0. The van der Waals surface area contributed by atoms with Crippen LogP contribution in [0, 0.1) is 23.7 Å². The van der Waals surface area contributed by atoms with E-state index in [1.807, 2.05) is 5.92 Å². The summed E-state index contributed by atoms with van der Waals surface area (Å²) >= 11 is 0. The fourth-order valence-electron chi connectivity index (χ4n) is 3.59. The molecule has 0 saturated heterocycles. The van der Waals surface area contributed by atoms with Crippen LogP contribution in [0.1, 0.15) is 78.1 Å². The lowest BCUT2D eigenvalue weighted by Crippen LogP contribution is -2.22. The van der Waals surface area contributed by atoms with E-state index in [4.69, 9.17) is 0 Å². The normalized spacial score (nSPS) is 26.1. The van der Waals surface area contributed by atoms with Gasteiger partial charge in [0.1, 0.15) is 0 Å². The van der Waals surface area contributed by atoms with Gasteiger partial charge in [0.25, 0.3) is 0 Å². The van der Waals surface area contributed by atoms with Gasteiger partial charge in [0, 0.05) is 0 Å². The maximum atomic E-state index is 2.50. The van der Waals surface area contributed by atoms with Gasteiger partial charge >= 0.3 is 0 Å². The minimum atomic E-state index is 0.886. The predicted molar refractivity (Wildman–Crippen MR) is 80.1 cm³/mol. The van der Waals surface area contributed by atoms with Gasteiger partial charge in [-0.1, -0.05) is 32.4 Å². The van der Waals surface area contributed by atoms with Gasteiger partial charge in [-0.2, -0.15) is 0 Å². The summed E-state index contributed by atoms with van der Waals surface area (Å²) in [4.78, 5) is 0. The molecule has 2 rings (SSSR count). The van der Waals surface area contributed by atoms with Crippen LogP contribution in [0.5, 0.6) is 0 Å². The summed E-state index contributed by atoms with van der Waals surface area (Å²) in [7, 11) is 0. The zero-order valence-electron chi connectivity index (χ0n) is 12.4. The Bertz CT molecular complexity index is 237. The predicted octanol–water partition coefficient (Wildman–Crippen LogP) is 5.89. The quantitative estimate of drug-likeness (QED) is 0.542. The summed E-state index contributed by atoms with van der Waals surface area (Å²) in [6.45, 7) is 4.61. The Morgan fingerprint density at radius 1 is 1.00 bits per heavy atom. The van der Waals surface area contributed by atoms with E-state index in [-0.39, 0.29) is 0 Å². The largest absolute Gasteiger partial charge is 0.0883 e. The highest BCUT2D eigenvalue weighted by Gasteiger charge is 2.29. The van der Waals surface area contributed by atoms with Crippen LogP contribution >= 0.6 is 0 Å². The van der Waals surface area contributed by atoms with Crippen LogP contribution in [0.4, 0.5) is 0 Å². The average molecular weight is 246 g/mol. The smallest absolute Gasteiger partial charge is 0.0210 e. The van der Waals surface area contributed by atoms with Crippen molar-refractivity contribution in [3.63, 3.8) is 0 Å². The van der Waals surface area contributed by atoms with Crippen molar-refractivity contribution in [2.24, 2.45) is 11.8 Å². The fourth-order valence-corrected chi connectivity index (χ4v) is 3.59. The van der Waals surface area contributed by atoms with Crippen LogP contribution in [0.25, 0.3) is 0 Å². The first-order chi connectivity index (χ1) is 8.79. The SMILES string of the molecule is CCC/C=C/C1CC[C](C2CC[C](C)CC2)CC1. The molecule has 0 atom stereocenters. The van der Waals surface area contributed by atoms with Gasteiger partial charge in [0.15, 0.2) is 0 Å². The van der Waals surface area contributed by atoms with Crippen LogP contribution in [0.3, 0.4) is 0 Å².